The summed E-state index contributed by atoms with van der Waals surface area (Å²) in [6, 6.07) is 21.0. The van der Waals surface area contributed by atoms with Crippen LogP contribution in [0.2, 0.25) is 0 Å². The molecule has 3 aromatic rings. The van der Waals surface area contributed by atoms with Crippen molar-refractivity contribution in [3.05, 3.63) is 98.7 Å². The van der Waals surface area contributed by atoms with Crippen LogP contribution in [-0.4, -0.2) is 5.78 Å². The number of halogens is 3. The highest BCUT2D eigenvalue weighted by Gasteiger charge is 2.17. The number of Topliss-reactive ketones (excluding diaryl/α,β-unsaturated/α-hetero) is 1. The van der Waals surface area contributed by atoms with Gasteiger partial charge in [-0.3, -0.25) is 4.79 Å². The average molecular weight is 477 g/mol. The molecule has 0 aliphatic rings. The van der Waals surface area contributed by atoms with E-state index in [1.165, 1.54) is 12.1 Å². The van der Waals surface area contributed by atoms with Crippen molar-refractivity contribution in [2.75, 3.05) is 5.32 Å². The highest BCUT2D eigenvalue weighted by molar-refractivity contribution is 9.10. The number of anilines is 1. The molecule has 2 nitrogen and oxygen atoms in total. The molecule has 0 fully saturated rings. The second-order valence-electron chi connectivity index (χ2n) is 5.89. The van der Waals surface area contributed by atoms with Gasteiger partial charge in [0.05, 0.1) is 6.04 Å². The van der Waals surface area contributed by atoms with E-state index in [-0.39, 0.29) is 24.1 Å². The fraction of sp³-hybridized carbons (Fsp3) is 0.0952. The summed E-state index contributed by atoms with van der Waals surface area (Å²) in [6.45, 7) is 0. The summed E-state index contributed by atoms with van der Waals surface area (Å²) in [7, 11) is 0. The Morgan fingerprint density at radius 1 is 0.846 bits per heavy atom. The van der Waals surface area contributed by atoms with Gasteiger partial charge >= 0.3 is 0 Å². The Morgan fingerprint density at radius 2 is 1.38 bits per heavy atom. The van der Waals surface area contributed by atoms with Crippen molar-refractivity contribution in [3.63, 3.8) is 0 Å². The number of nitrogens with one attached hydrogen (secondary N) is 1. The van der Waals surface area contributed by atoms with Crippen LogP contribution in [0.25, 0.3) is 0 Å². The first-order valence-electron chi connectivity index (χ1n) is 8.07. The molecule has 0 heterocycles. The Morgan fingerprint density at radius 3 is 1.96 bits per heavy atom. The third kappa shape index (κ3) is 5.02. The molecule has 0 saturated carbocycles. The lowest BCUT2D eigenvalue weighted by molar-refractivity contribution is 0.0976. The molecule has 0 spiro atoms. The maximum atomic E-state index is 13.3. The van der Waals surface area contributed by atoms with E-state index in [9.17, 15) is 9.18 Å². The minimum absolute atomic E-state index is 0.0245. The summed E-state index contributed by atoms with van der Waals surface area (Å²) in [5.74, 6) is -0.271. The summed E-state index contributed by atoms with van der Waals surface area (Å²) in [5, 5.41) is 3.38. The molecule has 0 amide bonds. The van der Waals surface area contributed by atoms with E-state index in [2.05, 4.69) is 37.2 Å². The molecule has 0 aliphatic carbocycles. The Balaban J connectivity index is 1.84. The second-order valence-corrected chi connectivity index (χ2v) is 7.72. The number of carbonyl (C=O) groups excluding carboxylic acids is 1. The molecule has 132 valence electrons. The number of hydrogen-bond donors (Lipinski definition) is 1. The normalized spacial score (nSPS) is 11.8. The van der Waals surface area contributed by atoms with Crippen LogP contribution in [0.1, 0.15) is 28.4 Å². The van der Waals surface area contributed by atoms with Crippen molar-refractivity contribution in [3.8, 4) is 0 Å². The van der Waals surface area contributed by atoms with Gasteiger partial charge in [-0.25, -0.2) is 4.39 Å². The van der Waals surface area contributed by atoms with Crippen molar-refractivity contribution >= 4 is 43.3 Å². The first-order valence-corrected chi connectivity index (χ1v) is 9.66. The number of hydrogen-bond acceptors (Lipinski definition) is 2. The fourth-order valence-corrected chi connectivity index (χ4v) is 3.16. The van der Waals surface area contributed by atoms with E-state index >= 15 is 0 Å². The van der Waals surface area contributed by atoms with Gasteiger partial charge in [0.1, 0.15) is 5.82 Å². The van der Waals surface area contributed by atoms with E-state index in [1.807, 2.05) is 36.4 Å². The van der Waals surface area contributed by atoms with Crippen molar-refractivity contribution in [2.24, 2.45) is 0 Å². The molecule has 1 atom stereocenters. The summed E-state index contributed by atoms with van der Waals surface area (Å²) >= 11 is 6.79. The van der Waals surface area contributed by atoms with Crippen molar-refractivity contribution < 1.29 is 9.18 Å². The van der Waals surface area contributed by atoms with Gasteiger partial charge in [-0.2, -0.15) is 0 Å². The Labute approximate surface area is 168 Å². The minimum atomic E-state index is -0.296. The first-order chi connectivity index (χ1) is 12.5. The zero-order valence-corrected chi connectivity index (χ0v) is 16.9. The van der Waals surface area contributed by atoms with Gasteiger partial charge < -0.3 is 5.32 Å². The number of benzene rings is 3. The third-order valence-corrected chi connectivity index (χ3v) is 5.07. The Hall–Kier alpha value is -1.98. The third-order valence-electron chi connectivity index (χ3n) is 4.01. The van der Waals surface area contributed by atoms with Gasteiger partial charge in [-0.15, -0.1) is 0 Å². The SMILES string of the molecule is O=C(C[C@H](Nc1ccc(Br)cc1)c1ccc(F)cc1)c1ccc(Br)cc1. The Kier molecular flexibility index (Phi) is 6.22. The molecular weight excluding hydrogens is 461 g/mol. The van der Waals surface area contributed by atoms with Crippen LogP contribution in [0.5, 0.6) is 0 Å². The van der Waals surface area contributed by atoms with Crippen molar-refractivity contribution in [2.45, 2.75) is 12.5 Å². The molecular formula is C21H16Br2FNO. The maximum absolute atomic E-state index is 13.3. The zero-order valence-electron chi connectivity index (χ0n) is 13.8. The van der Waals surface area contributed by atoms with E-state index < -0.39 is 0 Å². The molecule has 0 bridgehead atoms. The highest BCUT2D eigenvalue weighted by Crippen LogP contribution is 2.26. The zero-order chi connectivity index (χ0) is 18.5. The van der Waals surface area contributed by atoms with E-state index in [1.54, 1.807) is 24.3 Å². The van der Waals surface area contributed by atoms with Crippen LogP contribution in [0.4, 0.5) is 10.1 Å². The van der Waals surface area contributed by atoms with Crippen molar-refractivity contribution in [1.82, 2.24) is 0 Å². The maximum Gasteiger partial charge on any atom is 0.165 e. The summed E-state index contributed by atoms with van der Waals surface area (Å²) in [6.07, 6.45) is 0.267. The van der Waals surface area contributed by atoms with E-state index in [0.29, 0.717) is 5.56 Å². The molecule has 0 radical (unpaired) electrons. The van der Waals surface area contributed by atoms with Crippen molar-refractivity contribution in [1.29, 1.82) is 0 Å². The quantitative estimate of drug-likeness (QED) is 0.397. The van der Waals surface area contributed by atoms with Crippen LogP contribution in [0.15, 0.2) is 81.7 Å². The topological polar surface area (TPSA) is 29.1 Å². The van der Waals surface area contributed by atoms with Gasteiger partial charge in [0.15, 0.2) is 5.78 Å². The van der Waals surface area contributed by atoms with Crippen LogP contribution >= 0.6 is 31.9 Å². The van der Waals surface area contributed by atoms with Gasteiger partial charge in [0.25, 0.3) is 0 Å². The van der Waals surface area contributed by atoms with Gasteiger partial charge in [0.2, 0.25) is 0 Å². The van der Waals surface area contributed by atoms with E-state index in [0.717, 1.165) is 20.2 Å². The first kappa shape index (κ1) is 18.8. The number of ketones is 1. The number of rotatable bonds is 6. The smallest absolute Gasteiger partial charge is 0.165 e. The molecule has 1 N–H and O–H groups in total. The van der Waals surface area contributed by atoms with Crippen LogP contribution < -0.4 is 5.32 Å². The lowest BCUT2D eigenvalue weighted by atomic mass is 9.97. The summed E-state index contributed by atoms with van der Waals surface area (Å²) in [4.78, 5) is 12.7. The largest absolute Gasteiger partial charge is 0.378 e. The minimum Gasteiger partial charge on any atom is -0.378 e. The monoisotopic (exact) mass is 475 g/mol. The highest BCUT2D eigenvalue weighted by atomic mass is 79.9. The predicted molar refractivity (Wildman–Crippen MR) is 110 cm³/mol. The fourth-order valence-electron chi connectivity index (χ4n) is 2.63. The van der Waals surface area contributed by atoms with E-state index in [4.69, 9.17) is 0 Å². The van der Waals surface area contributed by atoms with Crippen LogP contribution in [0, 0.1) is 5.82 Å². The molecule has 3 rings (SSSR count). The van der Waals surface area contributed by atoms with Crippen LogP contribution in [-0.2, 0) is 0 Å². The summed E-state index contributed by atoms with van der Waals surface area (Å²) < 4.78 is 15.2. The van der Waals surface area contributed by atoms with Gasteiger partial charge in [-0.1, -0.05) is 56.1 Å². The molecule has 3 aromatic carbocycles. The van der Waals surface area contributed by atoms with Crippen LogP contribution in [0.3, 0.4) is 0 Å². The average Bonchev–Trinajstić information content (AvgIpc) is 2.64. The lowest BCUT2D eigenvalue weighted by Gasteiger charge is -2.20. The summed E-state index contributed by atoms with van der Waals surface area (Å²) in [5.41, 5.74) is 2.41. The molecule has 0 saturated heterocycles. The van der Waals surface area contributed by atoms with Gasteiger partial charge in [0, 0.05) is 26.6 Å². The lowest BCUT2D eigenvalue weighted by Crippen LogP contribution is -2.16. The Bertz CT molecular complexity index is 877. The molecule has 0 aliphatic heterocycles. The predicted octanol–water partition coefficient (Wildman–Crippen LogP) is 6.78. The van der Waals surface area contributed by atoms with Gasteiger partial charge in [-0.05, 0) is 54.1 Å². The molecule has 5 heteroatoms. The molecule has 0 unspecified atom stereocenters. The standard InChI is InChI=1S/C21H16Br2FNO/c22-16-5-1-15(2-6-16)21(26)13-20(14-3-9-18(24)10-4-14)25-19-11-7-17(23)8-12-19/h1-12,20,25H,13H2/t20-/m0/s1. The second kappa shape index (κ2) is 8.60. The molecule has 0 aromatic heterocycles. The molecule has 26 heavy (non-hydrogen) atoms. The number of carbonyl (C=O) groups is 1.